The standard InChI is InChI=1S/C15H14N4O/c16-15(20)14-12-6-1-2-7-13(12)19(18-14)10-8-11-5-3-4-9-17-11/h1-7,9H,8,10H2,(H2,16,20). The number of aromatic nitrogens is 3. The maximum Gasteiger partial charge on any atom is 0.269 e. The number of carbonyl (C=O) groups is 1. The first kappa shape index (κ1) is 12.3. The molecule has 0 aliphatic carbocycles. The van der Waals surface area contributed by atoms with E-state index in [9.17, 15) is 4.79 Å². The molecule has 0 saturated carbocycles. The van der Waals surface area contributed by atoms with Gasteiger partial charge in [0.1, 0.15) is 0 Å². The van der Waals surface area contributed by atoms with Gasteiger partial charge in [0.25, 0.3) is 5.91 Å². The molecule has 2 N–H and O–H groups in total. The Morgan fingerprint density at radius 1 is 1.15 bits per heavy atom. The van der Waals surface area contributed by atoms with Gasteiger partial charge in [-0.05, 0) is 18.2 Å². The lowest BCUT2D eigenvalue weighted by Gasteiger charge is -2.03. The van der Waals surface area contributed by atoms with Gasteiger partial charge < -0.3 is 5.73 Å². The lowest BCUT2D eigenvalue weighted by Crippen LogP contribution is -2.13. The van der Waals surface area contributed by atoms with Crippen molar-refractivity contribution in [2.24, 2.45) is 5.73 Å². The van der Waals surface area contributed by atoms with Gasteiger partial charge in [-0.25, -0.2) is 0 Å². The van der Waals surface area contributed by atoms with Crippen LogP contribution in [0.4, 0.5) is 0 Å². The third-order valence-electron chi connectivity index (χ3n) is 3.20. The van der Waals surface area contributed by atoms with E-state index in [1.807, 2.05) is 47.1 Å². The van der Waals surface area contributed by atoms with Crippen molar-refractivity contribution < 1.29 is 4.79 Å². The molecule has 0 spiro atoms. The van der Waals surface area contributed by atoms with E-state index in [0.29, 0.717) is 12.2 Å². The number of benzene rings is 1. The summed E-state index contributed by atoms with van der Waals surface area (Å²) in [4.78, 5) is 15.7. The average Bonchev–Trinajstić information content (AvgIpc) is 2.85. The highest BCUT2D eigenvalue weighted by atomic mass is 16.1. The van der Waals surface area contributed by atoms with Gasteiger partial charge in [0.05, 0.1) is 5.52 Å². The zero-order valence-electron chi connectivity index (χ0n) is 10.9. The number of rotatable bonds is 4. The lowest BCUT2D eigenvalue weighted by molar-refractivity contribution is 0.0996. The number of primary amides is 1. The molecule has 0 atom stereocenters. The van der Waals surface area contributed by atoms with Crippen molar-refractivity contribution in [3.8, 4) is 0 Å². The Kier molecular flexibility index (Phi) is 3.16. The molecule has 20 heavy (non-hydrogen) atoms. The first-order valence-corrected chi connectivity index (χ1v) is 6.41. The van der Waals surface area contributed by atoms with Crippen molar-refractivity contribution in [2.75, 3.05) is 0 Å². The van der Waals surface area contributed by atoms with Gasteiger partial charge in [-0.3, -0.25) is 14.5 Å². The average molecular weight is 266 g/mol. The van der Waals surface area contributed by atoms with Gasteiger partial charge in [0, 0.05) is 30.2 Å². The van der Waals surface area contributed by atoms with E-state index >= 15 is 0 Å². The summed E-state index contributed by atoms with van der Waals surface area (Å²) in [5.74, 6) is -0.502. The van der Waals surface area contributed by atoms with Crippen molar-refractivity contribution in [1.82, 2.24) is 14.8 Å². The number of para-hydroxylation sites is 1. The van der Waals surface area contributed by atoms with Crippen LogP contribution in [0.5, 0.6) is 0 Å². The molecule has 2 heterocycles. The highest BCUT2D eigenvalue weighted by Crippen LogP contribution is 2.18. The molecule has 0 radical (unpaired) electrons. The largest absolute Gasteiger partial charge is 0.364 e. The van der Waals surface area contributed by atoms with Crippen LogP contribution in [-0.2, 0) is 13.0 Å². The molecule has 0 bridgehead atoms. The predicted octanol–water partition coefficient (Wildman–Crippen LogP) is 1.77. The Balaban J connectivity index is 1.94. The molecule has 0 aliphatic heterocycles. The van der Waals surface area contributed by atoms with Gasteiger partial charge in [-0.1, -0.05) is 24.3 Å². The summed E-state index contributed by atoms with van der Waals surface area (Å²) < 4.78 is 1.81. The SMILES string of the molecule is NC(=O)c1nn(CCc2ccccn2)c2ccccc12. The zero-order chi connectivity index (χ0) is 13.9. The first-order valence-electron chi connectivity index (χ1n) is 6.41. The second-order valence-corrected chi connectivity index (χ2v) is 4.52. The van der Waals surface area contributed by atoms with Crippen molar-refractivity contribution in [2.45, 2.75) is 13.0 Å². The van der Waals surface area contributed by atoms with Gasteiger partial charge in [-0.15, -0.1) is 0 Å². The van der Waals surface area contributed by atoms with Gasteiger partial charge in [0.15, 0.2) is 5.69 Å². The molecule has 100 valence electrons. The van der Waals surface area contributed by atoms with Crippen LogP contribution in [0.2, 0.25) is 0 Å². The number of pyridine rings is 1. The van der Waals surface area contributed by atoms with Crippen molar-refractivity contribution >= 4 is 16.8 Å². The van der Waals surface area contributed by atoms with E-state index in [0.717, 1.165) is 23.0 Å². The topological polar surface area (TPSA) is 73.8 Å². The summed E-state index contributed by atoms with van der Waals surface area (Å²) in [5, 5.41) is 5.11. The van der Waals surface area contributed by atoms with E-state index in [-0.39, 0.29) is 0 Å². The molecule has 2 aromatic heterocycles. The Morgan fingerprint density at radius 2 is 1.95 bits per heavy atom. The van der Waals surface area contributed by atoms with Crippen molar-refractivity contribution in [3.05, 3.63) is 60.0 Å². The fraction of sp³-hybridized carbons (Fsp3) is 0.133. The van der Waals surface area contributed by atoms with E-state index < -0.39 is 5.91 Å². The van der Waals surface area contributed by atoms with Gasteiger partial charge in [-0.2, -0.15) is 5.10 Å². The van der Waals surface area contributed by atoms with Crippen LogP contribution in [0, 0.1) is 0 Å². The number of nitrogens with zero attached hydrogens (tertiary/aromatic N) is 3. The van der Waals surface area contributed by atoms with Crippen molar-refractivity contribution in [3.63, 3.8) is 0 Å². The second-order valence-electron chi connectivity index (χ2n) is 4.52. The fourth-order valence-electron chi connectivity index (χ4n) is 2.25. The molecule has 5 nitrogen and oxygen atoms in total. The summed E-state index contributed by atoms with van der Waals surface area (Å²) in [6.45, 7) is 0.658. The normalized spacial score (nSPS) is 10.8. The molecule has 1 amide bonds. The number of nitrogens with two attached hydrogens (primary N) is 1. The smallest absolute Gasteiger partial charge is 0.269 e. The molecule has 0 fully saturated rings. The van der Waals surface area contributed by atoms with E-state index in [1.165, 1.54) is 0 Å². The Hall–Kier alpha value is -2.69. The molecule has 3 aromatic rings. The Bertz CT molecular complexity index is 749. The minimum atomic E-state index is -0.502. The molecule has 0 aliphatic rings. The van der Waals surface area contributed by atoms with Crippen LogP contribution in [-0.4, -0.2) is 20.7 Å². The number of fused-ring (bicyclic) bond motifs is 1. The van der Waals surface area contributed by atoms with Crippen LogP contribution in [0.1, 0.15) is 16.2 Å². The monoisotopic (exact) mass is 266 g/mol. The minimum absolute atomic E-state index is 0.321. The Morgan fingerprint density at radius 3 is 2.70 bits per heavy atom. The van der Waals surface area contributed by atoms with E-state index in [1.54, 1.807) is 6.20 Å². The zero-order valence-corrected chi connectivity index (χ0v) is 10.9. The fourth-order valence-corrected chi connectivity index (χ4v) is 2.25. The highest BCUT2D eigenvalue weighted by molar-refractivity contribution is 6.04. The Labute approximate surface area is 116 Å². The third-order valence-corrected chi connectivity index (χ3v) is 3.20. The summed E-state index contributed by atoms with van der Waals surface area (Å²) >= 11 is 0. The van der Waals surface area contributed by atoms with Gasteiger partial charge in [0.2, 0.25) is 0 Å². The molecule has 0 unspecified atom stereocenters. The van der Waals surface area contributed by atoms with Crippen LogP contribution in [0.15, 0.2) is 48.7 Å². The predicted molar refractivity (Wildman–Crippen MR) is 76.2 cm³/mol. The highest BCUT2D eigenvalue weighted by Gasteiger charge is 2.13. The maximum absolute atomic E-state index is 11.4. The molecule has 1 aromatic carbocycles. The quantitative estimate of drug-likeness (QED) is 0.782. The van der Waals surface area contributed by atoms with Crippen molar-refractivity contribution in [1.29, 1.82) is 0 Å². The number of hydrogen-bond donors (Lipinski definition) is 1. The van der Waals surface area contributed by atoms with Gasteiger partial charge >= 0.3 is 0 Å². The maximum atomic E-state index is 11.4. The van der Waals surface area contributed by atoms with Crippen LogP contribution < -0.4 is 5.73 Å². The molecule has 0 saturated heterocycles. The van der Waals surface area contributed by atoms with Crippen LogP contribution in [0.3, 0.4) is 0 Å². The molecule has 5 heteroatoms. The van der Waals surface area contributed by atoms with Crippen LogP contribution >= 0.6 is 0 Å². The van der Waals surface area contributed by atoms with E-state index in [2.05, 4.69) is 10.1 Å². The van der Waals surface area contributed by atoms with Crippen LogP contribution in [0.25, 0.3) is 10.9 Å². The molecular formula is C15H14N4O. The molecule has 3 rings (SSSR count). The van der Waals surface area contributed by atoms with E-state index in [4.69, 9.17) is 5.73 Å². The number of hydrogen-bond acceptors (Lipinski definition) is 3. The summed E-state index contributed by atoms with van der Waals surface area (Å²) in [6, 6.07) is 13.4. The lowest BCUT2D eigenvalue weighted by atomic mass is 10.2. The summed E-state index contributed by atoms with van der Waals surface area (Å²) in [7, 11) is 0. The molecular weight excluding hydrogens is 252 g/mol. The third kappa shape index (κ3) is 2.25. The number of carbonyl (C=O) groups excluding carboxylic acids is 1. The first-order chi connectivity index (χ1) is 9.75. The summed E-state index contributed by atoms with van der Waals surface area (Å²) in [5.41, 5.74) is 7.60. The minimum Gasteiger partial charge on any atom is -0.364 e. The summed E-state index contributed by atoms with van der Waals surface area (Å²) in [6.07, 6.45) is 2.52. The number of amides is 1. The number of aryl methyl sites for hydroxylation is 2. The second kappa shape index (κ2) is 5.13.